The highest BCUT2D eigenvalue weighted by Gasteiger charge is 2.11. The molecule has 0 fully saturated rings. The Morgan fingerprint density at radius 1 is 0.769 bits per heavy atom. The van der Waals surface area contributed by atoms with Crippen molar-refractivity contribution < 1.29 is 14.4 Å². The molecule has 13 heavy (non-hydrogen) atoms. The molecule has 0 rings (SSSR count). The normalized spacial score (nSPS) is 10.2. The molecule has 0 aromatic rings. The van der Waals surface area contributed by atoms with E-state index in [1.807, 2.05) is 0 Å². The van der Waals surface area contributed by atoms with Gasteiger partial charge in [0.2, 0.25) is 0 Å². The van der Waals surface area contributed by atoms with E-state index < -0.39 is 0 Å². The first-order valence-electron chi connectivity index (χ1n) is 4.12. The van der Waals surface area contributed by atoms with Gasteiger partial charge in [0.15, 0.2) is 0 Å². The Bertz CT molecular complexity index is 185. The maximum atomic E-state index is 10.8. The van der Waals surface area contributed by atoms with Gasteiger partial charge in [-0.1, -0.05) is 0 Å². The lowest BCUT2D eigenvalue weighted by Gasteiger charge is -2.17. The van der Waals surface area contributed by atoms with Crippen molar-refractivity contribution in [3.63, 3.8) is 0 Å². The second-order valence-corrected chi connectivity index (χ2v) is 3.25. The van der Waals surface area contributed by atoms with E-state index in [2.05, 4.69) is 0 Å². The second kappa shape index (κ2) is 5.59. The molecule has 0 heterocycles. The van der Waals surface area contributed by atoms with Gasteiger partial charge in [-0.3, -0.25) is 19.3 Å². The molecule has 0 aliphatic rings. The summed E-state index contributed by atoms with van der Waals surface area (Å²) in [6.07, 6.45) is 0. The molecule has 0 aromatic heterocycles. The van der Waals surface area contributed by atoms with E-state index in [4.69, 9.17) is 0 Å². The third kappa shape index (κ3) is 7.33. The summed E-state index contributed by atoms with van der Waals surface area (Å²) in [5.41, 5.74) is 0. The lowest BCUT2D eigenvalue weighted by molar-refractivity contribution is -0.123. The van der Waals surface area contributed by atoms with Crippen LogP contribution in [0.25, 0.3) is 0 Å². The molecule has 74 valence electrons. The molecular formula is C9H15NO3. The van der Waals surface area contributed by atoms with Crippen LogP contribution in [0, 0.1) is 0 Å². The predicted molar refractivity (Wildman–Crippen MR) is 48.5 cm³/mol. The highest BCUT2D eigenvalue weighted by Crippen LogP contribution is 1.90. The van der Waals surface area contributed by atoms with Crippen LogP contribution < -0.4 is 0 Å². The number of carbonyl (C=O) groups is 3. The van der Waals surface area contributed by atoms with Crippen LogP contribution in [0.5, 0.6) is 0 Å². The Hall–Kier alpha value is -1.03. The van der Waals surface area contributed by atoms with Crippen LogP contribution in [0.1, 0.15) is 20.8 Å². The van der Waals surface area contributed by atoms with E-state index in [0.717, 1.165) is 0 Å². The molecule has 0 aliphatic heterocycles. The molecule has 0 unspecified atom stereocenters. The molecule has 0 aromatic carbocycles. The van der Waals surface area contributed by atoms with Crippen molar-refractivity contribution in [1.82, 2.24) is 4.90 Å². The lowest BCUT2D eigenvalue weighted by Crippen LogP contribution is -2.36. The Balaban J connectivity index is 4.10. The first kappa shape index (κ1) is 12.0. The number of Topliss-reactive ketones (excluding diaryl/α,β-unsaturated/α-hetero) is 3. The van der Waals surface area contributed by atoms with Gasteiger partial charge in [-0.25, -0.2) is 0 Å². The highest BCUT2D eigenvalue weighted by atomic mass is 16.1. The summed E-state index contributed by atoms with van der Waals surface area (Å²) >= 11 is 0. The van der Waals surface area contributed by atoms with E-state index in [1.54, 1.807) is 4.90 Å². The molecular weight excluding hydrogens is 170 g/mol. The topological polar surface area (TPSA) is 54.5 Å². The summed E-state index contributed by atoms with van der Waals surface area (Å²) in [4.78, 5) is 33.8. The molecule has 4 nitrogen and oxygen atoms in total. The van der Waals surface area contributed by atoms with Crippen molar-refractivity contribution in [2.75, 3.05) is 19.6 Å². The van der Waals surface area contributed by atoms with Gasteiger partial charge in [0.25, 0.3) is 0 Å². The quantitative estimate of drug-likeness (QED) is 0.587. The summed E-state index contributed by atoms with van der Waals surface area (Å²) in [7, 11) is 0. The monoisotopic (exact) mass is 185 g/mol. The van der Waals surface area contributed by atoms with Crippen molar-refractivity contribution in [1.29, 1.82) is 0 Å². The molecule has 0 radical (unpaired) electrons. The fraction of sp³-hybridized carbons (Fsp3) is 0.667. The lowest BCUT2D eigenvalue weighted by atomic mass is 10.3. The van der Waals surface area contributed by atoms with Crippen molar-refractivity contribution in [3.05, 3.63) is 0 Å². The maximum Gasteiger partial charge on any atom is 0.143 e. The molecule has 4 heteroatoms. The van der Waals surface area contributed by atoms with E-state index in [1.165, 1.54) is 20.8 Å². The predicted octanol–water partition coefficient (Wildman–Crippen LogP) is 0.0554. The van der Waals surface area contributed by atoms with Gasteiger partial charge < -0.3 is 0 Å². The minimum Gasteiger partial charge on any atom is -0.299 e. The van der Waals surface area contributed by atoms with Crippen LogP contribution in [0.15, 0.2) is 0 Å². The number of carbonyl (C=O) groups excluding carboxylic acids is 3. The van der Waals surface area contributed by atoms with Gasteiger partial charge in [0, 0.05) is 0 Å². The Morgan fingerprint density at radius 2 is 1.00 bits per heavy atom. The molecule has 0 spiro atoms. The number of hydrogen-bond acceptors (Lipinski definition) is 4. The summed E-state index contributed by atoms with van der Waals surface area (Å²) in [5, 5.41) is 0. The van der Waals surface area contributed by atoms with E-state index in [0.29, 0.717) is 0 Å². The molecule has 0 bridgehead atoms. The van der Waals surface area contributed by atoms with E-state index in [9.17, 15) is 14.4 Å². The SMILES string of the molecule is CC(=O)CN(CC(C)=O)CC(C)=O. The van der Waals surface area contributed by atoms with Crippen LogP contribution in [-0.2, 0) is 14.4 Å². The van der Waals surface area contributed by atoms with Crippen molar-refractivity contribution in [2.45, 2.75) is 20.8 Å². The second-order valence-electron chi connectivity index (χ2n) is 3.25. The smallest absolute Gasteiger partial charge is 0.143 e. The number of hydrogen-bond donors (Lipinski definition) is 0. The Kier molecular flexibility index (Phi) is 5.14. The molecule has 0 saturated heterocycles. The van der Waals surface area contributed by atoms with Gasteiger partial charge >= 0.3 is 0 Å². The van der Waals surface area contributed by atoms with Crippen molar-refractivity contribution in [3.8, 4) is 0 Å². The third-order valence-electron chi connectivity index (χ3n) is 1.34. The third-order valence-corrected chi connectivity index (χ3v) is 1.34. The summed E-state index contributed by atoms with van der Waals surface area (Å²) in [5.74, 6) is -0.118. The first-order valence-corrected chi connectivity index (χ1v) is 4.12. The zero-order valence-corrected chi connectivity index (χ0v) is 8.29. The maximum absolute atomic E-state index is 10.8. The van der Waals surface area contributed by atoms with Crippen LogP contribution >= 0.6 is 0 Å². The Labute approximate surface area is 77.9 Å². The first-order chi connectivity index (χ1) is 5.91. The largest absolute Gasteiger partial charge is 0.299 e. The number of ketones is 3. The van der Waals surface area contributed by atoms with Crippen LogP contribution in [0.3, 0.4) is 0 Å². The summed E-state index contributed by atoms with van der Waals surface area (Å²) in [6, 6.07) is 0. The minimum absolute atomic E-state index is 0.0394. The fourth-order valence-corrected chi connectivity index (χ4v) is 1.11. The van der Waals surface area contributed by atoms with Gasteiger partial charge in [-0.05, 0) is 20.8 Å². The zero-order valence-electron chi connectivity index (χ0n) is 8.29. The van der Waals surface area contributed by atoms with Gasteiger partial charge in [-0.15, -0.1) is 0 Å². The summed E-state index contributed by atoms with van der Waals surface area (Å²) < 4.78 is 0. The molecule has 0 atom stereocenters. The molecule has 0 saturated carbocycles. The highest BCUT2D eigenvalue weighted by molar-refractivity contribution is 5.83. The van der Waals surface area contributed by atoms with Crippen molar-refractivity contribution in [2.24, 2.45) is 0 Å². The van der Waals surface area contributed by atoms with Crippen LogP contribution in [-0.4, -0.2) is 41.9 Å². The molecule has 0 aliphatic carbocycles. The molecule has 0 N–H and O–H groups in total. The van der Waals surface area contributed by atoms with Crippen molar-refractivity contribution >= 4 is 17.3 Å². The van der Waals surface area contributed by atoms with Gasteiger partial charge in [0.05, 0.1) is 19.6 Å². The van der Waals surface area contributed by atoms with Crippen LogP contribution in [0.2, 0.25) is 0 Å². The number of rotatable bonds is 6. The zero-order chi connectivity index (χ0) is 10.4. The average Bonchev–Trinajstić information content (AvgIpc) is 1.80. The van der Waals surface area contributed by atoms with E-state index in [-0.39, 0.29) is 37.0 Å². The number of nitrogens with zero attached hydrogens (tertiary/aromatic N) is 1. The van der Waals surface area contributed by atoms with Crippen LogP contribution in [0.4, 0.5) is 0 Å². The van der Waals surface area contributed by atoms with Gasteiger partial charge in [-0.2, -0.15) is 0 Å². The summed E-state index contributed by atoms with van der Waals surface area (Å²) in [6.45, 7) is 4.81. The minimum atomic E-state index is -0.0394. The van der Waals surface area contributed by atoms with Gasteiger partial charge in [0.1, 0.15) is 17.3 Å². The van der Waals surface area contributed by atoms with E-state index >= 15 is 0 Å². The molecule has 0 amide bonds. The standard InChI is InChI=1S/C9H15NO3/c1-7(11)4-10(5-8(2)12)6-9(3)13/h4-6H2,1-3H3. The average molecular weight is 185 g/mol. The fourth-order valence-electron chi connectivity index (χ4n) is 1.11. The Morgan fingerprint density at radius 3 is 1.15 bits per heavy atom.